The van der Waals surface area contributed by atoms with E-state index >= 15 is 0 Å². The van der Waals surface area contributed by atoms with E-state index in [9.17, 15) is 4.79 Å². The SMILES string of the molecule is Cc1c(Br)ccc2[nH]c(C(N)=O)cc12. The van der Waals surface area contributed by atoms with Gasteiger partial charge in [0.2, 0.25) is 0 Å². The van der Waals surface area contributed by atoms with Crippen molar-refractivity contribution >= 4 is 32.7 Å². The van der Waals surface area contributed by atoms with E-state index in [0.717, 1.165) is 20.9 Å². The summed E-state index contributed by atoms with van der Waals surface area (Å²) in [6, 6.07) is 5.63. The Kier molecular flexibility index (Phi) is 2.07. The summed E-state index contributed by atoms with van der Waals surface area (Å²) >= 11 is 3.43. The molecule has 0 atom stereocenters. The molecule has 1 heterocycles. The molecule has 0 saturated heterocycles. The molecule has 0 spiro atoms. The van der Waals surface area contributed by atoms with E-state index in [1.807, 2.05) is 19.1 Å². The molecule has 3 N–H and O–H groups in total. The normalized spacial score (nSPS) is 10.7. The van der Waals surface area contributed by atoms with Crippen LogP contribution in [0.1, 0.15) is 16.1 Å². The standard InChI is InChI=1S/C10H9BrN2O/c1-5-6-4-9(10(12)14)13-8(6)3-2-7(5)11/h2-4,13H,1H3,(H2,12,14). The van der Waals surface area contributed by atoms with Gasteiger partial charge >= 0.3 is 0 Å². The van der Waals surface area contributed by atoms with E-state index in [1.54, 1.807) is 6.07 Å². The number of nitrogens with two attached hydrogens (primary N) is 1. The van der Waals surface area contributed by atoms with Gasteiger partial charge in [-0.3, -0.25) is 4.79 Å². The van der Waals surface area contributed by atoms with Gasteiger partial charge in [0, 0.05) is 15.4 Å². The number of aromatic nitrogens is 1. The average Bonchev–Trinajstić information content (AvgIpc) is 2.56. The van der Waals surface area contributed by atoms with Crippen LogP contribution < -0.4 is 5.73 Å². The van der Waals surface area contributed by atoms with Crippen molar-refractivity contribution < 1.29 is 4.79 Å². The molecule has 0 fully saturated rings. The quantitative estimate of drug-likeness (QED) is 0.805. The highest BCUT2D eigenvalue weighted by Crippen LogP contribution is 2.25. The van der Waals surface area contributed by atoms with Gasteiger partial charge < -0.3 is 10.7 Å². The highest BCUT2D eigenvalue weighted by molar-refractivity contribution is 9.10. The van der Waals surface area contributed by atoms with Gasteiger partial charge in [0.25, 0.3) is 5.91 Å². The smallest absolute Gasteiger partial charge is 0.265 e. The molecular formula is C10H9BrN2O. The predicted molar refractivity (Wildman–Crippen MR) is 59.3 cm³/mol. The zero-order valence-corrected chi connectivity index (χ0v) is 9.18. The molecule has 1 aromatic carbocycles. The minimum Gasteiger partial charge on any atom is -0.364 e. The first-order valence-corrected chi connectivity index (χ1v) is 4.96. The zero-order chi connectivity index (χ0) is 10.3. The van der Waals surface area contributed by atoms with Crippen LogP contribution in [0.4, 0.5) is 0 Å². The number of nitrogens with one attached hydrogen (secondary N) is 1. The first-order chi connectivity index (χ1) is 6.59. The van der Waals surface area contributed by atoms with Gasteiger partial charge in [0.05, 0.1) is 0 Å². The zero-order valence-electron chi connectivity index (χ0n) is 7.60. The average molecular weight is 253 g/mol. The maximum atomic E-state index is 10.9. The second-order valence-corrected chi connectivity index (χ2v) is 4.04. The fourth-order valence-electron chi connectivity index (χ4n) is 1.46. The summed E-state index contributed by atoms with van der Waals surface area (Å²) in [6.45, 7) is 1.99. The molecule has 0 unspecified atom stereocenters. The number of halogens is 1. The molecule has 1 aromatic heterocycles. The van der Waals surface area contributed by atoms with Crippen molar-refractivity contribution in [2.24, 2.45) is 5.73 Å². The van der Waals surface area contributed by atoms with Crippen LogP contribution in [0.5, 0.6) is 0 Å². The third-order valence-electron chi connectivity index (χ3n) is 2.27. The van der Waals surface area contributed by atoms with Gasteiger partial charge in [-0.1, -0.05) is 15.9 Å². The van der Waals surface area contributed by atoms with Crippen molar-refractivity contribution in [2.75, 3.05) is 0 Å². The van der Waals surface area contributed by atoms with Crippen molar-refractivity contribution in [3.8, 4) is 0 Å². The Morgan fingerprint density at radius 2 is 2.21 bits per heavy atom. The number of benzene rings is 1. The Balaban J connectivity index is 2.77. The molecule has 2 rings (SSSR count). The first-order valence-electron chi connectivity index (χ1n) is 4.17. The number of fused-ring (bicyclic) bond motifs is 1. The van der Waals surface area contributed by atoms with Crippen molar-refractivity contribution in [3.05, 3.63) is 33.9 Å². The molecule has 3 nitrogen and oxygen atoms in total. The minimum atomic E-state index is -0.434. The van der Waals surface area contributed by atoms with Gasteiger partial charge in [0.1, 0.15) is 5.69 Å². The Hall–Kier alpha value is -1.29. The summed E-state index contributed by atoms with van der Waals surface area (Å²) in [7, 11) is 0. The van der Waals surface area contributed by atoms with Crippen molar-refractivity contribution in [1.82, 2.24) is 4.98 Å². The van der Waals surface area contributed by atoms with Crippen molar-refractivity contribution in [2.45, 2.75) is 6.92 Å². The lowest BCUT2D eigenvalue weighted by molar-refractivity contribution is 0.0996. The summed E-state index contributed by atoms with van der Waals surface area (Å²) < 4.78 is 1.03. The Morgan fingerprint density at radius 1 is 1.50 bits per heavy atom. The van der Waals surface area contributed by atoms with E-state index in [-0.39, 0.29) is 0 Å². The monoisotopic (exact) mass is 252 g/mol. The molecule has 0 aliphatic rings. The topological polar surface area (TPSA) is 58.9 Å². The molecular weight excluding hydrogens is 244 g/mol. The summed E-state index contributed by atoms with van der Waals surface area (Å²) in [5, 5.41) is 1.02. The Bertz CT molecular complexity index is 516. The lowest BCUT2D eigenvalue weighted by Gasteiger charge is -1.97. The number of aryl methyl sites for hydroxylation is 1. The van der Waals surface area contributed by atoms with Gasteiger partial charge in [-0.2, -0.15) is 0 Å². The van der Waals surface area contributed by atoms with Gasteiger partial charge in [-0.15, -0.1) is 0 Å². The third kappa shape index (κ3) is 1.32. The molecule has 0 saturated carbocycles. The van der Waals surface area contributed by atoms with Gasteiger partial charge in [0.15, 0.2) is 0 Å². The van der Waals surface area contributed by atoms with Crippen LogP contribution >= 0.6 is 15.9 Å². The molecule has 0 radical (unpaired) electrons. The molecule has 0 bridgehead atoms. The molecule has 0 aliphatic carbocycles. The molecule has 14 heavy (non-hydrogen) atoms. The third-order valence-corrected chi connectivity index (χ3v) is 3.13. The number of rotatable bonds is 1. The van der Waals surface area contributed by atoms with E-state index < -0.39 is 5.91 Å². The second kappa shape index (κ2) is 3.13. The van der Waals surface area contributed by atoms with Crippen LogP contribution in [0.2, 0.25) is 0 Å². The maximum absolute atomic E-state index is 10.9. The summed E-state index contributed by atoms with van der Waals surface area (Å²) in [5.74, 6) is -0.434. The number of H-pyrrole nitrogens is 1. The Labute approximate surface area is 89.4 Å². The Morgan fingerprint density at radius 3 is 2.86 bits per heavy atom. The fraction of sp³-hybridized carbons (Fsp3) is 0.100. The lowest BCUT2D eigenvalue weighted by atomic mass is 10.1. The number of hydrogen-bond donors (Lipinski definition) is 2. The summed E-state index contributed by atoms with van der Waals surface area (Å²) in [5.41, 5.74) is 7.66. The summed E-state index contributed by atoms with van der Waals surface area (Å²) in [6.07, 6.45) is 0. The number of primary amides is 1. The highest BCUT2D eigenvalue weighted by atomic mass is 79.9. The fourth-order valence-corrected chi connectivity index (χ4v) is 1.80. The number of amides is 1. The van der Waals surface area contributed by atoms with E-state index in [1.165, 1.54) is 0 Å². The number of carbonyl (C=O) groups excluding carboxylic acids is 1. The first kappa shape index (κ1) is 9.27. The molecule has 4 heteroatoms. The molecule has 1 amide bonds. The minimum absolute atomic E-state index is 0.434. The van der Waals surface area contributed by atoms with Gasteiger partial charge in [-0.05, 0) is 30.7 Å². The van der Waals surface area contributed by atoms with Crippen molar-refractivity contribution in [1.29, 1.82) is 0 Å². The molecule has 2 aromatic rings. The van der Waals surface area contributed by atoms with Crippen LogP contribution in [0.25, 0.3) is 10.9 Å². The number of carbonyl (C=O) groups is 1. The maximum Gasteiger partial charge on any atom is 0.265 e. The summed E-state index contributed by atoms with van der Waals surface area (Å²) in [4.78, 5) is 13.9. The van der Waals surface area contributed by atoms with Crippen LogP contribution in [0.15, 0.2) is 22.7 Å². The number of aromatic amines is 1. The van der Waals surface area contributed by atoms with E-state index in [0.29, 0.717) is 5.69 Å². The van der Waals surface area contributed by atoms with Crippen LogP contribution in [0, 0.1) is 6.92 Å². The largest absolute Gasteiger partial charge is 0.364 e. The lowest BCUT2D eigenvalue weighted by Crippen LogP contribution is -2.10. The second-order valence-electron chi connectivity index (χ2n) is 3.18. The highest BCUT2D eigenvalue weighted by Gasteiger charge is 2.08. The van der Waals surface area contributed by atoms with Crippen molar-refractivity contribution in [3.63, 3.8) is 0 Å². The van der Waals surface area contributed by atoms with Crippen LogP contribution in [0.3, 0.4) is 0 Å². The predicted octanol–water partition coefficient (Wildman–Crippen LogP) is 2.34. The van der Waals surface area contributed by atoms with E-state index in [4.69, 9.17) is 5.73 Å². The number of hydrogen-bond acceptors (Lipinski definition) is 1. The van der Waals surface area contributed by atoms with Gasteiger partial charge in [-0.25, -0.2) is 0 Å². The van der Waals surface area contributed by atoms with Crippen LogP contribution in [-0.4, -0.2) is 10.9 Å². The molecule has 0 aliphatic heterocycles. The molecule has 72 valence electrons. The van der Waals surface area contributed by atoms with Crippen LogP contribution in [-0.2, 0) is 0 Å². The van der Waals surface area contributed by atoms with E-state index in [2.05, 4.69) is 20.9 Å².